The minimum atomic E-state index is -3.02. The summed E-state index contributed by atoms with van der Waals surface area (Å²) in [6.45, 7) is -1.05. The van der Waals surface area contributed by atoms with Crippen LogP contribution in [0.2, 0.25) is 0 Å². The zero-order valence-corrected chi connectivity index (χ0v) is 17.7. The number of hydrogen-bond acceptors (Lipinski definition) is 7. The third kappa shape index (κ3) is 3.61. The van der Waals surface area contributed by atoms with E-state index in [9.17, 15) is 13.2 Å². The van der Waals surface area contributed by atoms with Crippen molar-refractivity contribution in [2.24, 2.45) is 0 Å². The number of likely N-dealkylation sites (N-methyl/N-ethyl adjacent to an activating group) is 1. The second kappa shape index (κ2) is 7.83. The Morgan fingerprint density at radius 3 is 2.88 bits per heavy atom. The number of fused-ring (bicyclic) bond motifs is 2. The van der Waals surface area contributed by atoms with Gasteiger partial charge in [0.25, 0.3) is 5.92 Å². The molecular weight excluding hydrogens is 444 g/mol. The molecule has 5 rings (SSSR count). The predicted molar refractivity (Wildman–Crippen MR) is 112 cm³/mol. The fourth-order valence-electron chi connectivity index (χ4n) is 4.07. The van der Waals surface area contributed by atoms with Crippen LogP contribution in [-0.4, -0.2) is 80.4 Å². The number of anilines is 1. The molecule has 1 atom stereocenters. The smallest absolute Gasteiger partial charge is 0.281 e. The van der Waals surface area contributed by atoms with Crippen LogP contribution in [0.1, 0.15) is 1.37 Å². The van der Waals surface area contributed by atoms with Crippen molar-refractivity contribution in [2.45, 2.75) is 18.5 Å². The van der Waals surface area contributed by atoms with Crippen LogP contribution in [0.4, 0.5) is 23.5 Å². The van der Waals surface area contributed by atoms with E-state index in [1.807, 2.05) is 0 Å². The molecule has 1 N–H and O–H groups in total. The Bertz CT molecular complexity index is 1390. The number of rotatable bonds is 6. The molecule has 4 aromatic rings. The third-order valence-electron chi connectivity index (χ3n) is 5.56. The van der Waals surface area contributed by atoms with Gasteiger partial charge in [-0.3, -0.25) is 4.90 Å². The van der Waals surface area contributed by atoms with Gasteiger partial charge in [-0.05, 0) is 24.7 Å². The van der Waals surface area contributed by atoms with Crippen molar-refractivity contribution in [3.05, 3.63) is 30.2 Å². The molecule has 0 unspecified atom stereocenters. The first kappa shape index (κ1) is 20.1. The van der Waals surface area contributed by atoms with Crippen molar-refractivity contribution >= 4 is 22.5 Å². The Morgan fingerprint density at radius 2 is 2.18 bits per heavy atom. The van der Waals surface area contributed by atoms with E-state index in [0.717, 1.165) is 4.52 Å². The van der Waals surface area contributed by atoms with Crippen molar-refractivity contribution < 1.29 is 23.7 Å². The van der Waals surface area contributed by atoms with E-state index in [1.165, 1.54) is 16.7 Å². The van der Waals surface area contributed by atoms with E-state index in [2.05, 4.69) is 25.7 Å². The summed E-state index contributed by atoms with van der Waals surface area (Å²) >= 11 is 0. The molecule has 1 aliphatic rings. The topological polar surface area (TPSA) is 85.4 Å². The summed E-state index contributed by atoms with van der Waals surface area (Å²) in [5, 5.41) is 14.5. The fourth-order valence-corrected chi connectivity index (χ4v) is 4.07. The molecule has 33 heavy (non-hydrogen) atoms. The van der Waals surface area contributed by atoms with Gasteiger partial charge in [0.15, 0.2) is 5.82 Å². The number of methoxy groups -OCH3 is 1. The Morgan fingerprint density at radius 1 is 1.36 bits per heavy atom. The normalized spacial score (nSPS) is 18.8. The van der Waals surface area contributed by atoms with Gasteiger partial charge in [0.2, 0.25) is 11.8 Å². The van der Waals surface area contributed by atoms with Gasteiger partial charge in [-0.2, -0.15) is 4.98 Å². The van der Waals surface area contributed by atoms with E-state index < -0.39 is 37.2 Å². The van der Waals surface area contributed by atoms with E-state index in [0.29, 0.717) is 16.6 Å². The number of aromatic nitrogens is 6. The maximum absolute atomic E-state index is 15.3. The lowest BCUT2D eigenvalue weighted by Crippen LogP contribution is -2.38. The van der Waals surface area contributed by atoms with Crippen molar-refractivity contribution in [1.82, 2.24) is 34.5 Å². The number of benzene rings is 1. The molecule has 1 aliphatic heterocycles. The molecule has 0 spiro atoms. The zero-order valence-electron chi connectivity index (χ0n) is 18.7. The van der Waals surface area contributed by atoms with Crippen molar-refractivity contribution in [3.8, 4) is 17.0 Å². The fraction of sp³-hybridized carbons (Fsp3) is 0.400. The number of halogens is 4. The summed E-state index contributed by atoms with van der Waals surface area (Å²) in [6.07, 6.45) is -0.598. The molecule has 1 fully saturated rings. The molecule has 13 heteroatoms. The Kier molecular flexibility index (Phi) is 4.78. The first-order chi connectivity index (χ1) is 16.2. The molecule has 174 valence electrons. The molecule has 0 saturated carbocycles. The maximum atomic E-state index is 15.3. The van der Waals surface area contributed by atoms with Crippen LogP contribution in [0.3, 0.4) is 0 Å². The highest BCUT2D eigenvalue weighted by atomic mass is 19.3. The van der Waals surface area contributed by atoms with Crippen LogP contribution >= 0.6 is 0 Å². The first-order valence-electron chi connectivity index (χ1n) is 10.6. The minimum Gasteiger partial charge on any atom is -0.479 e. The lowest BCUT2D eigenvalue weighted by molar-refractivity contribution is 0.00583. The van der Waals surface area contributed by atoms with E-state index in [1.54, 1.807) is 25.2 Å². The number of hydrogen-bond donors (Lipinski definition) is 1. The highest BCUT2D eigenvalue weighted by Crippen LogP contribution is 2.36. The largest absolute Gasteiger partial charge is 0.479 e. The van der Waals surface area contributed by atoms with E-state index in [4.69, 9.17) is 6.11 Å². The molecule has 3 aromatic heterocycles. The quantitative estimate of drug-likeness (QED) is 0.438. The highest BCUT2D eigenvalue weighted by molar-refractivity contribution is 5.89. The van der Waals surface area contributed by atoms with Crippen LogP contribution in [0.5, 0.6) is 5.88 Å². The predicted octanol–water partition coefficient (Wildman–Crippen LogP) is 2.62. The monoisotopic (exact) mass is 465 g/mol. The van der Waals surface area contributed by atoms with Crippen LogP contribution in [0.25, 0.3) is 27.7 Å². The van der Waals surface area contributed by atoms with E-state index in [-0.39, 0.29) is 36.0 Å². The molecule has 1 saturated heterocycles. The van der Waals surface area contributed by atoms with Crippen LogP contribution in [-0.2, 0) is 6.54 Å². The molecule has 0 bridgehead atoms. The second-order valence-corrected chi connectivity index (χ2v) is 7.87. The van der Waals surface area contributed by atoms with Gasteiger partial charge in [-0.25, -0.2) is 26.8 Å². The zero-order chi connectivity index (χ0) is 24.2. The van der Waals surface area contributed by atoms with Gasteiger partial charge in [0.05, 0.1) is 38.8 Å². The molecule has 1 aromatic carbocycles. The Labute approximate surface area is 186 Å². The third-order valence-corrected chi connectivity index (χ3v) is 5.56. The number of alkyl halides is 3. The summed E-state index contributed by atoms with van der Waals surface area (Å²) in [5.74, 6) is -4.25. The number of nitrogens with zero attached hydrogens (tertiary/aromatic N) is 7. The Balaban J connectivity index is 1.64. The van der Waals surface area contributed by atoms with Crippen molar-refractivity contribution in [2.75, 3.05) is 39.2 Å². The second-order valence-electron chi connectivity index (χ2n) is 7.87. The molecule has 0 aliphatic carbocycles. The average molecular weight is 465 g/mol. The molecule has 0 amide bonds. The minimum absolute atomic E-state index is 0.0192. The average Bonchev–Trinajstić information content (AvgIpc) is 3.40. The summed E-state index contributed by atoms with van der Waals surface area (Å²) in [5.41, 5.74) is 1.34. The van der Waals surface area contributed by atoms with Gasteiger partial charge >= 0.3 is 0 Å². The molecule has 9 nitrogen and oxygen atoms in total. The Hall–Kier alpha value is -3.48. The molecule has 4 heterocycles. The number of nitrogens with one attached hydrogen (secondary N) is 1. The van der Waals surface area contributed by atoms with Gasteiger partial charge < -0.3 is 10.1 Å². The standard InChI is InChI=1S/C20H20F4N8O/c1-30-9-15(20(23,24)10-30)25-19-26-18(33-2)17-16(12(22)8-32(17)28-19)11-3-4-13-14(7-11)31(6-5-21)29-27-13/h3-4,7-8,15H,5-6,9-10H2,1-2H3,(H,25,28)/t15-/m1/s1/i8D. The van der Waals surface area contributed by atoms with Gasteiger partial charge in [0.1, 0.15) is 23.7 Å². The van der Waals surface area contributed by atoms with Gasteiger partial charge in [-0.1, -0.05) is 11.3 Å². The number of likely N-dealkylation sites (tertiary alicyclic amines) is 1. The van der Waals surface area contributed by atoms with Crippen LogP contribution in [0, 0.1) is 5.82 Å². The molecular formula is C20H20F4N8O. The van der Waals surface area contributed by atoms with Gasteiger partial charge in [-0.15, -0.1) is 10.2 Å². The summed E-state index contributed by atoms with van der Waals surface area (Å²) < 4.78 is 72.6. The van der Waals surface area contributed by atoms with E-state index >= 15 is 4.39 Å². The lowest BCUT2D eigenvalue weighted by Gasteiger charge is -2.19. The SMILES string of the molecule is [2H]c1c(F)c(-c2ccc3nnn(CCF)c3c2)c2c(OC)nc(N[C@@H]3CN(C)CC3(F)F)nn12. The number of ether oxygens (including phenoxy) is 1. The van der Waals surface area contributed by atoms with Gasteiger partial charge in [0, 0.05) is 6.54 Å². The lowest BCUT2D eigenvalue weighted by atomic mass is 10.1. The highest BCUT2D eigenvalue weighted by Gasteiger charge is 2.47. The first-order valence-corrected chi connectivity index (χ1v) is 10.1. The molecule has 0 radical (unpaired) electrons. The summed E-state index contributed by atoms with van der Waals surface area (Å²) in [6, 6.07) is 3.49. The summed E-state index contributed by atoms with van der Waals surface area (Å²) in [7, 11) is 2.87. The maximum Gasteiger partial charge on any atom is 0.281 e. The van der Waals surface area contributed by atoms with Crippen molar-refractivity contribution in [1.29, 1.82) is 0 Å². The van der Waals surface area contributed by atoms with Crippen LogP contribution in [0.15, 0.2) is 24.4 Å². The van der Waals surface area contributed by atoms with Crippen molar-refractivity contribution in [3.63, 3.8) is 0 Å². The summed E-state index contributed by atoms with van der Waals surface area (Å²) in [4.78, 5) is 5.63. The van der Waals surface area contributed by atoms with Crippen LogP contribution < -0.4 is 10.1 Å². The number of aryl methyl sites for hydroxylation is 1.